The first kappa shape index (κ1) is 16.7. The van der Waals surface area contributed by atoms with Crippen LogP contribution in [0.25, 0.3) is 0 Å². The number of hydrogen-bond acceptors (Lipinski definition) is 5. The summed E-state index contributed by atoms with van der Waals surface area (Å²) in [6.07, 6.45) is 3.50. The quantitative estimate of drug-likeness (QED) is 0.845. The van der Waals surface area contributed by atoms with Crippen molar-refractivity contribution in [1.29, 1.82) is 0 Å². The highest BCUT2D eigenvalue weighted by Gasteiger charge is 2.29. The number of nitrogens with zero attached hydrogens (tertiary/aromatic N) is 3. The molecule has 2 heterocycles. The Labute approximate surface area is 142 Å². The summed E-state index contributed by atoms with van der Waals surface area (Å²) in [7, 11) is -1.91. The lowest BCUT2D eigenvalue weighted by Crippen LogP contribution is -2.48. The molecule has 0 radical (unpaired) electrons. The first-order chi connectivity index (χ1) is 11.5. The zero-order chi connectivity index (χ0) is 17.2. The van der Waals surface area contributed by atoms with E-state index >= 15 is 0 Å². The zero-order valence-electron chi connectivity index (χ0n) is 13.8. The Morgan fingerprint density at radius 1 is 1.04 bits per heavy atom. The normalized spacial score (nSPS) is 16.2. The molecular weight excluding hydrogens is 326 g/mol. The molecule has 0 amide bonds. The van der Waals surface area contributed by atoms with Crippen molar-refractivity contribution in [3.63, 3.8) is 0 Å². The standard InChI is InChI=1S/C17H21N3O3S/c1-14-13-16(23-2)3-4-17(14)24(21,22)20-11-9-19(10-12-20)15-5-7-18-8-6-15/h3-8,13H,9-12H2,1-2H3. The van der Waals surface area contributed by atoms with Crippen LogP contribution in [0.15, 0.2) is 47.6 Å². The van der Waals surface area contributed by atoms with E-state index in [2.05, 4.69) is 9.88 Å². The van der Waals surface area contributed by atoms with Crippen LogP contribution in [-0.4, -0.2) is 51.0 Å². The SMILES string of the molecule is COc1ccc(S(=O)(=O)N2CCN(c3ccncc3)CC2)c(C)c1. The fraction of sp³-hybridized carbons (Fsp3) is 0.353. The van der Waals surface area contributed by atoms with Crippen LogP contribution in [-0.2, 0) is 10.0 Å². The van der Waals surface area contributed by atoms with E-state index in [0.29, 0.717) is 42.4 Å². The molecule has 7 heteroatoms. The van der Waals surface area contributed by atoms with Crippen LogP contribution >= 0.6 is 0 Å². The van der Waals surface area contributed by atoms with Gasteiger partial charge in [0.05, 0.1) is 12.0 Å². The van der Waals surface area contributed by atoms with E-state index in [1.807, 2.05) is 12.1 Å². The van der Waals surface area contributed by atoms with E-state index < -0.39 is 10.0 Å². The van der Waals surface area contributed by atoms with Crippen molar-refractivity contribution in [2.24, 2.45) is 0 Å². The molecule has 1 aliphatic heterocycles. The van der Waals surface area contributed by atoms with Gasteiger partial charge in [0.25, 0.3) is 0 Å². The lowest BCUT2D eigenvalue weighted by Gasteiger charge is -2.35. The van der Waals surface area contributed by atoms with Crippen LogP contribution in [0.3, 0.4) is 0 Å². The lowest BCUT2D eigenvalue weighted by molar-refractivity contribution is 0.384. The molecule has 0 unspecified atom stereocenters. The maximum Gasteiger partial charge on any atom is 0.243 e. The fourth-order valence-corrected chi connectivity index (χ4v) is 4.55. The van der Waals surface area contributed by atoms with Crippen molar-refractivity contribution in [3.8, 4) is 5.75 Å². The van der Waals surface area contributed by atoms with E-state index in [4.69, 9.17) is 4.74 Å². The third kappa shape index (κ3) is 3.22. The van der Waals surface area contributed by atoms with Gasteiger partial charge in [-0.1, -0.05) is 0 Å². The molecule has 1 aromatic carbocycles. The van der Waals surface area contributed by atoms with Gasteiger partial charge in [0.1, 0.15) is 5.75 Å². The molecule has 0 bridgehead atoms. The predicted molar refractivity (Wildman–Crippen MR) is 92.9 cm³/mol. The molecule has 1 aliphatic rings. The van der Waals surface area contributed by atoms with Crippen molar-refractivity contribution in [3.05, 3.63) is 48.3 Å². The summed E-state index contributed by atoms with van der Waals surface area (Å²) in [4.78, 5) is 6.54. The maximum absolute atomic E-state index is 12.9. The Morgan fingerprint density at radius 3 is 2.29 bits per heavy atom. The number of ether oxygens (including phenoxy) is 1. The van der Waals surface area contributed by atoms with E-state index in [9.17, 15) is 8.42 Å². The third-order valence-corrected chi connectivity index (χ3v) is 6.33. The molecule has 3 rings (SSSR count). The number of aryl methyl sites for hydroxylation is 1. The lowest BCUT2D eigenvalue weighted by atomic mass is 10.2. The summed E-state index contributed by atoms with van der Waals surface area (Å²) in [5, 5.41) is 0. The second-order valence-electron chi connectivity index (χ2n) is 5.73. The van der Waals surface area contributed by atoms with Gasteiger partial charge in [-0.05, 0) is 42.8 Å². The van der Waals surface area contributed by atoms with Crippen molar-refractivity contribution >= 4 is 15.7 Å². The second-order valence-corrected chi connectivity index (χ2v) is 7.63. The van der Waals surface area contributed by atoms with Crippen LogP contribution in [0.2, 0.25) is 0 Å². The monoisotopic (exact) mass is 347 g/mol. The smallest absolute Gasteiger partial charge is 0.243 e. The van der Waals surface area contributed by atoms with Gasteiger partial charge in [0, 0.05) is 44.3 Å². The molecule has 0 spiro atoms. The predicted octanol–water partition coefficient (Wildman–Crippen LogP) is 1.91. The zero-order valence-corrected chi connectivity index (χ0v) is 14.7. The summed E-state index contributed by atoms with van der Waals surface area (Å²) < 4.78 is 32.5. The average molecular weight is 347 g/mol. The number of methoxy groups -OCH3 is 1. The number of piperazine rings is 1. The first-order valence-corrected chi connectivity index (χ1v) is 9.26. The molecule has 0 N–H and O–H groups in total. The Balaban J connectivity index is 1.76. The molecule has 0 atom stereocenters. The Bertz CT molecular complexity index is 801. The first-order valence-electron chi connectivity index (χ1n) is 7.82. The minimum absolute atomic E-state index is 0.348. The topological polar surface area (TPSA) is 62.7 Å². The number of sulfonamides is 1. The second kappa shape index (κ2) is 6.78. The number of benzene rings is 1. The van der Waals surface area contributed by atoms with Gasteiger partial charge in [0.2, 0.25) is 10.0 Å². The van der Waals surface area contributed by atoms with Crippen molar-refractivity contribution in [1.82, 2.24) is 9.29 Å². The molecule has 0 saturated carbocycles. The van der Waals surface area contributed by atoms with Crippen LogP contribution in [0.5, 0.6) is 5.75 Å². The van der Waals surface area contributed by atoms with Crippen molar-refractivity contribution in [2.45, 2.75) is 11.8 Å². The number of aromatic nitrogens is 1. The highest BCUT2D eigenvalue weighted by molar-refractivity contribution is 7.89. The van der Waals surface area contributed by atoms with Crippen LogP contribution in [0.4, 0.5) is 5.69 Å². The number of pyridine rings is 1. The fourth-order valence-electron chi connectivity index (χ4n) is 2.92. The van der Waals surface area contributed by atoms with E-state index in [0.717, 1.165) is 5.69 Å². The summed E-state index contributed by atoms with van der Waals surface area (Å²) in [6.45, 7) is 4.06. The molecule has 0 aliphatic carbocycles. The highest BCUT2D eigenvalue weighted by atomic mass is 32.2. The third-order valence-electron chi connectivity index (χ3n) is 4.27. The van der Waals surface area contributed by atoms with E-state index in [1.54, 1.807) is 48.9 Å². The van der Waals surface area contributed by atoms with Gasteiger partial charge in [0.15, 0.2) is 0 Å². The molecular formula is C17H21N3O3S. The van der Waals surface area contributed by atoms with Gasteiger partial charge in [-0.15, -0.1) is 0 Å². The molecule has 128 valence electrons. The summed E-state index contributed by atoms with van der Waals surface area (Å²) in [6, 6.07) is 8.95. The summed E-state index contributed by atoms with van der Waals surface area (Å²) >= 11 is 0. The number of anilines is 1. The average Bonchev–Trinajstić information content (AvgIpc) is 2.62. The molecule has 1 fully saturated rings. The summed E-state index contributed by atoms with van der Waals surface area (Å²) in [5.74, 6) is 0.661. The number of hydrogen-bond donors (Lipinski definition) is 0. The van der Waals surface area contributed by atoms with Gasteiger partial charge in [-0.3, -0.25) is 4.98 Å². The molecule has 6 nitrogen and oxygen atoms in total. The van der Waals surface area contributed by atoms with Crippen molar-refractivity contribution < 1.29 is 13.2 Å². The van der Waals surface area contributed by atoms with Gasteiger partial charge in [-0.25, -0.2) is 8.42 Å². The molecule has 1 aromatic heterocycles. The Kier molecular flexibility index (Phi) is 4.73. The van der Waals surface area contributed by atoms with Gasteiger partial charge >= 0.3 is 0 Å². The van der Waals surface area contributed by atoms with Gasteiger partial charge in [-0.2, -0.15) is 4.31 Å². The molecule has 24 heavy (non-hydrogen) atoms. The Hall–Kier alpha value is -2.12. The largest absolute Gasteiger partial charge is 0.497 e. The molecule has 2 aromatic rings. The van der Waals surface area contributed by atoms with E-state index in [1.165, 1.54) is 0 Å². The Morgan fingerprint density at radius 2 is 1.71 bits per heavy atom. The van der Waals surface area contributed by atoms with Crippen molar-refractivity contribution in [2.75, 3.05) is 38.2 Å². The maximum atomic E-state index is 12.9. The minimum atomic E-state index is -3.48. The molecule has 1 saturated heterocycles. The van der Waals surface area contributed by atoms with E-state index in [-0.39, 0.29) is 0 Å². The van der Waals surface area contributed by atoms with Crippen LogP contribution in [0, 0.1) is 6.92 Å². The summed E-state index contributed by atoms with van der Waals surface area (Å²) in [5.41, 5.74) is 1.77. The minimum Gasteiger partial charge on any atom is -0.497 e. The highest BCUT2D eigenvalue weighted by Crippen LogP contribution is 2.25. The number of rotatable bonds is 4. The van der Waals surface area contributed by atoms with Gasteiger partial charge < -0.3 is 9.64 Å². The van der Waals surface area contributed by atoms with Crippen LogP contribution < -0.4 is 9.64 Å². The van der Waals surface area contributed by atoms with Crippen LogP contribution in [0.1, 0.15) is 5.56 Å².